The van der Waals surface area contributed by atoms with Gasteiger partial charge in [0.15, 0.2) is 24.1 Å². The SMILES string of the molecule is CC[C@H]1OC(=O)[C@H](C)[C@@H](O[C@H]2C[C@@](C)(OC)[C@@H](O)[C@H](C)O2)[C@H](C)[C@@H](O[C@@H]2O[C@H](C)C[C@H](N(C)C)[C@H]2O)[C@](C)(OC)C[C@@H](C)C(=O)[C@H](C)[C@@H](O)[C@]1(C)O.C[C@H]1COc2c(N3CCN(C)CC3)c(F)cc3c(=O)c(C(=O)O)cn1c23. The number of piperazine rings is 1. The Balaban J connectivity index is 0.000000312. The predicted molar refractivity (Wildman–Crippen MR) is 286 cm³/mol. The first-order valence-corrected chi connectivity index (χ1v) is 27.5. The average molecular weight is 1110 g/mol. The molecule has 442 valence electrons. The highest BCUT2D eigenvalue weighted by molar-refractivity contribution is 5.97. The van der Waals surface area contributed by atoms with Crippen molar-refractivity contribution in [2.24, 2.45) is 23.7 Å². The van der Waals surface area contributed by atoms with E-state index in [4.69, 9.17) is 37.9 Å². The number of esters is 1. The predicted octanol–water partition coefficient (Wildman–Crippen LogP) is 3.98. The molecule has 5 N–H and O–H groups in total. The number of benzene rings is 1. The summed E-state index contributed by atoms with van der Waals surface area (Å²) in [4.78, 5) is 58.2. The van der Waals surface area contributed by atoms with Gasteiger partial charge in [0.05, 0.1) is 64.6 Å². The van der Waals surface area contributed by atoms with Crippen molar-refractivity contribution in [3.8, 4) is 5.75 Å². The van der Waals surface area contributed by atoms with E-state index in [9.17, 15) is 49.1 Å². The number of hydrogen-bond donors (Lipinski definition) is 5. The summed E-state index contributed by atoms with van der Waals surface area (Å²) in [6.45, 7) is 22.1. The smallest absolute Gasteiger partial charge is 0.341 e. The number of pyridine rings is 1. The Bertz CT molecular complexity index is 2490. The van der Waals surface area contributed by atoms with Gasteiger partial charge in [-0.3, -0.25) is 14.4 Å². The van der Waals surface area contributed by atoms with Gasteiger partial charge in [-0.1, -0.05) is 27.7 Å². The summed E-state index contributed by atoms with van der Waals surface area (Å²) in [5.74, 6) is -6.01. The van der Waals surface area contributed by atoms with Crippen LogP contribution >= 0.6 is 0 Å². The fourth-order valence-electron chi connectivity index (χ4n) is 12.3. The number of methoxy groups -OCH3 is 2. The molecule has 6 heterocycles. The molecule has 5 aliphatic rings. The highest BCUT2D eigenvalue weighted by Crippen LogP contribution is 2.44. The topological polar surface area (TPSA) is 258 Å². The highest BCUT2D eigenvalue weighted by Gasteiger charge is 2.54. The molecule has 0 spiro atoms. The molecule has 0 unspecified atom stereocenters. The maximum atomic E-state index is 15.0. The van der Waals surface area contributed by atoms with Gasteiger partial charge in [0.2, 0.25) is 5.43 Å². The van der Waals surface area contributed by atoms with Gasteiger partial charge in [-0.2, -0.15) is 0 Å². The molecular formula is C56H89FN4O17. The van der Waals surface area contributed by atoms with Gasteiger partial charge < -0.3 is 82.7 Å². The zero-order valence-electron chi connectivity index (χ0n) is 48.6. The van der Waals surface area contributed by atoms with E-state index < -0.39 is 119 Å². The molecule has 7 rings (SSSR count). The Kier molecular flexibility index (Phi) is 20.3. The third-order valence-corrected chi connectivity index (χ3v) is 17.5. The number of carbonyl (C=O) groups excluding carboxylic acids is 2. The Morgan fingerprint density at radius 2 is 1.51 bits per heavy atom. The van der Waals surface area contributed by atoms with Crippen molar-refractivity contribution in [3.63, 3.8) is 0 Å². The number of aliphatic hydroxyl groups is 4. The van der Waals surface area contributed by atoms with Crippen LogP contribution in [0.15, 0.2) is 17.1 Å². The van der Waals surface area contributed by atoms with E-state index in [1.807, 2.05) is 51.7 Å². The summed E-state index contributed by atoms with van der Waals surface area (Å²) >= 11 is 0. The molecule has 4 saturated heterocycles. The van der Waals surface area contributed by atoms with Gasteiger partial charge in [0, 0.05) is 76.8 Å². The van der Waals surface area contributed by atoms with E-state index in [2.05, 4.69) is 4.90 Å². The standard InChI is InChI=1S/C38H69NO13.C18H20FN3O4/c1-15-26-38(10,45)31(42)21(4)28(40)19(2)17-37(9,47-14)33(52-35-29(41)25(39(11)12)16-20(3)48-35)22(5)30(23(6)34(44)50-26)51-27-18-36(8,46-13)32(43)24(7)49-27;1-10-9-26-17-14-11(16(23)12(18(24)25)8-22(10)14)7-13(19)15(17)21-5-3-20(2)4-6-21/h19-27,29-33,35,41-43,45H,15-18H2,1-14H3;7-8,10H,3-6,9H2,1-2H3,(H,24,25)/t19-,20-,21+,22+,23-,24+,25+,26-,27+,29-,30+,31-,32+,33-,35+,36-,37-,38-;10-/m10/s1. The quantitative estimate of drug-likeness (QED) is 0.211. The second kappa shape index (κ2) is 25.1. The number of carbonyl (C=O) groups is 3. The molecule has 0 radical (unpaired) electrons. The Morgan fingerprint density at radius 3 is 2.09 bits per heavy atom. The van der Waals surface area contributed by atoms with Crippen molar-refractivity contribution in [3.05, 3.63) is 33.9 Å². The van der Waals surface area contributed by atoms with Gasteiger partial charge in [0.1, 0.15) is 47.6 Å². The number of likely N-dealkylation sites (N-methyl/N-ethyl adjacent to an activating group) is 2. The number of cyclic esters (lactones) is 1. The number of aromatic nitrogens is 1. The van der Waals surface area contributed by atoms with E-state index in [-0.39, 0.29) is 60.8 Å². The highest BCUT2D eigenvalue weighted by atomic mass is 19.1. The first-order chi connectivity index (χ1) is 36.4. The molecule has 4 fully saturated rings. The monoisotopic (exact) mass is 1110 g/mol. The van der Waals surface area contributed by atoms with Crippen molar-refractivity contribution in [1.82, 2.24) is 14.4 Å². The van der Waals surface area contributed by atoms with Gasteiger partial charge >= 0.3 is 11.9 Å². The first kappa shape index (κ1) is 63.3. The van der Waals surface area contributed by atoms with E-state index in [0.29, 0.717) is 36.5 Å². The number of rotatable bonds is 10. The lowest BCUT2D eigenvalue weighted by Gasteiger charge is -2.50. The summed E-state index contributed by atoms with van der Waals surface area (Å²) in [6, 6.07) is 0.711. The van der Waals surface area contributed by atoms with Crippen LogP contribution in [0.3, 0.4) is 0 Å². The second-order valence-corrected chi connectivity index (χ2v) is 23.6. The molecule has 1 aromatic carbocycles. The van der Waals surface area contributed by atoms with E-state index in [0.717, 1.165) is 19.2 Å². The summed E-state index contributed by atoms with van der Waals surface area (Å²) in [7, 11) is 8.78. The maximum absolute atomic E-state index is 15.0. The minimum atomic E-state index is -1.96. The van der Waals surface area contributed by atoms with E-state index in [1.54, 1.807) is 53.0 Å². The Labute approximate surface area is 458 Å². The number of ether oxygens (including phenoxy) is 8. The third-order valence-electron chi connectivity index (χ3n) is 17.5. The van der Waals surface area contributed by atoms with Crippen molar-refractivity contribution < 1.29 is 82.2 Å². The van der Waals surface area contributed by atoms with Gasteiger partial charge in [-0.15, -0.1) is 0 Å². The summed E-state index contributed by atoms with van der Waals surface area (Å²) in [5.41, 5.74) is -4.47. The lowest BCUT2D eigenvalue weighted by atomic mass is 9.74. The van der Waals surface area contributed by atoms with Crippen molar-refractivity contribution in [2.45, 2.75) is 192 Å². The zero-order valence-corrected chi connectivity index (χ0v) is 48.6. The molecule has 5 aliphatic heterocycles. The number of Topliss-reactive ketones (excluding diaryl/α,β-unsaturated/α-hetero) is 1. The van der Waals surface area contributed by atoms with Crippen LogP contribution in [-0.4, -0.2) is 210 Å². The van der Waals surface area contributed by atoms with Crippen LogP contribution in [0.4, 0.5) is 10.1 Å². The van der Waals surface area contributed by atoms with Crippen LogP contribution < -0.4 is 15.1 Å². The van der Waals surface area contributed by atoms with Crippen LogP contribution in [0.25, 0.3) is 10.9 Å². The molecule has 0 saturated carbocycles. The lowest BCUT2D eigenvalue weighted by molar-refractivity contribution is -0.319. The summed E-state index contributed by atoms with van der Waals surface area (Å²) in [6.07, 6.45) is -7.39. The molecule has 78 heavy (non-hydrogen) atoms. The van der Waals surface area contributed by atoms with Gasteiger partial charge in [0.25, 0.3) is 0 Å². The van der Waals surface area contributed by atoms with Crippen LogP contribution in [0, 0.1) is 29.5 Å². The lowest BCUT2D eigenvalue weighted by Crippen LogP contribution is -2.61. The number of halogens is 1. The van der Waals surface area contributed by atoms with Crippen LogP contribution in [0.1, 0.15) is 118 Å². The number of aliphatic hydroxyl groups excluding tert-OH is 3. The first-order valence-electron chi connectivity index (χ1n) is 27.5. The largest absolute Gasteiger partial charge is 0.487 e. The molecule has 22 heteroatoms. The fraction of sp³-hybridized carbons (Fsp3) is 0.786. The molecule has 0 bridgehead atoms. The number of aromatic carboxylic acids is 1. The summed E-state index contributed by atoms with van der Waals surface area (Å²) in [5, 5.41) is 54.9. The molecular weight excluding hydrogens is 1020 g/mol. The normalized spacial score (nSPS) is 39.4. The zero-order chi connectivity index (χ0) is 58.3. The number of nitrogens with zero attached hydrogens (tertiary/aromatic N) is 4. The second-order valence-electron chi connectivity index (χ2n) is 23.6. The molecule has 0 aliphatic carbocycles. The minimum absolute atomic E-state index is 0.0434. The fourth-order valence-corrected chi connectivity index (χ4v) is 12.3. The molecule has 21 nitrogen and oxygen atoms in total. The van der Waals surface area contributed by atoms with E-state index in [1.165, 1.54) is 27.3 Å². The van der Waals surface area contributed by atoms with Crippen LogP contribution in [0.5, 0.6) is 5.75 Å². The Morgan fingerprint density at radius 1 is 0.885 bits per heavy atom. The van der Waals surface area contributed by atoms with Crippen molar-refractivity contribution >= 4 is 34.3 Å². The number of carboxylic acids is 1. The van der Waals surface area contributed by atoms with Crippen LogP contribution in [-0.2, 0) is 42.7 Å². The summed E-state index contributed by atoms with van der Waals surface area (Å²) < 4.78 is 66.4. The van der Waals surface area contributed by atoms with Gasteiger partial charge in [-0.25, -0.2) is 9.18 Å². The average Bonchev–Trinajstić information content (AvgIpc) is 3.45. The van der Waals surface area contributed by atoms with Crippen LogP contribution in [0.2, 0.25) is 0 Å². The minimum Gasteiger partial charge on any atom is -0.487 e. The number of ketones is 1. The van der Waals surface area contributed by atoms with Gasteiger partial charge in [-0.05, 0) is 94.9 Å². The molecule has 1 aromatic heterocycles. The van der Waals surface area contributed by atoms with Crippen molar-refractivity contribution in [2.75, 3.05) is 73.0 Å². The number of carboxylic acid groups (broad SMARTS) is 1. The molecule has 19 atom stereocenters. The molecule has 2 aromatic rings. The maximum Gasteiger partial charge on any atom is 0.341 e. The van der Waals surface area contributed by atoms with Crippen molar-refractivity contribution in [1.29, 1.82) is 0 Å². The third kappa shape index (κ3) is 12.7. The van der Waals surface area contributed by atoms with E-state index >= 15 is 0 Å². The number of anilines is 1. The number of hydrogen-bond acceptors (Lipinski definition) is 19. The molecule has 0 amide bonds. The Hall–Kier alpha value is -3.91.